The smallest absolute Gasteiger partial charge is 0.234 e. The van der Waals surface area contributed by atoms with Crippen LogP contribution in [-0.4, -0.2) is 16.6 Å². The number of anilines is 1. The van der Waals surface area contributed by atoms with E-state index in [0.717, 1.165) is 16.9 Å². The van der Waals surface area contributed by atoms with Crippen molar-refractivity contribution in [2.24, 2.45) is 0 Å². The van der Waals surface area contributed by atoms with Crippen LogP contribution < -0.4 is 5.32 Å². The molecule has 2 rings (SSSR count). The third-order valence-electron chi connectivity index (χ3n) is 2.65. The number of carbonyl (C=O) groups is 1. The van der Waals surface area contributed by atoms with E-state index in [9.17, 15) is 4.79 Å². The molecule has 2 aromatic rings. The molecule has 0 aliphatic carbocycles. The predicted molar refractivity (Wildman–Crippen MR) is 85.2 cm³/mol. The van der Waals surface area contributed by atoms with E-state index >= 15 is 0 Å². The van der Waals surface area contributed by atoms with Crippen molar-refractivity contribution in [1.29, 1.82) is 0 Å². The number of hydrogen-bond donors (Lipinski definition) is 1. The molecule has 1 N–H and O–H groups in total. The first-order valence-electron chi connectivity index (χ1n) is 6.18. The lowest BCUT2D eigenvalue weighted by atomic mass is 10.2. The number of halogens is 1. The summed E-state index contributed by atoms with van der Waals surface area (Å²) in [5.41, 5.74) is 2.89. The van der Waals surface area contributed by atoms with E-state index in [-0.39, 0.29) is 5.91 Å². The Bertz CT molecular complexity index is 590. The Hall–Kier alpha value is -1.52. The van der Waals surface area contributed by atoms with Gasteiger partial charge in [0.2, 0.25) is 5.91 Å². The zero-order chi connectivity index (χ0) is 14.4. The van der Waals surface area contributed by atoms with Gasteiger partial charge < -0.3 is 5.32 Å². The largest absolute Gasteiger partial charge is 0.324 e. The Kier molecular flexibility index (Phi) is 5.44. The van der Waals surface area contributed by atoms with Crippen molar-refractivity contribution in [1.82, 2.24) is 4.98 Å². The second-order valence-corrected chi connectivity index (χ2v) is 5.77. The minimum atomic E-state index is -0.0465. The van der Waals surface area contributed by atoms with Crippen LogP contribution in [0.3, 0.4) is 0 Å². The van der Waals surface area contributed by atoms with Crippen LogP contribution in [0.25, 0.3) is 0 Å². The fourth-order valence-corrected chi connectivity index (χ4v) is 2.72. The first-order chi connectivity index (χ1) is 9.65. The molecule has 1 aromatic heterocycles. The van der Waals surface area contributed by atoms with Gasteiger partial charge in [-0.05, 0) is 42.3 Å². The van der Waals surface area contributed by atoms with E-state index in [1.165, 1.54) is 0 Å². The third-order valence-corrected chi connectivity index (χ3v) is 3.97. The van der Waals surface area contributed by atoms with E-state index < -0.39 is 0 Å². The molecule has 20 heavy (non-hydrogen) atoms. The molecule has 1 heterocycles. The van der Waals surface area contributed by atoms with Gasteiger partial charge in [-0.25, -0.2) is 0 Å². The second-order valence-electron chi connectivity index (χ2n) is 4.38. The first kappa shape index (κ1) is 14.9. The summed E-state index contributed by atoms with van der Waals surface area (Å²) in [5.74, 6) is 1.14. The lowest BCUT2D eigenvalue weighted by Crippen LogP contribution is -2.14. The molecule has 5 heteroatoms. The van der Waals surface area contributed by atoms with E-state index in [2.05, 4.69) is 10.3 Å². The molecule has 1 aromatic carbocycles. The van der Waals surface area contributed by atoms with Crippen LogP contribution in [0, 0.1) is 6.92 Å². The highest BCUT2D eigenvalue weighted by Crippen LogP contribution is 2.23. The Labute approximate surface area is 127 Å². The number of aromatic nitrogens is 1. The summed E-state index contributed by atoms with van der Waals surface area (Å²) in [7, 11) is 0. The first-order valence-corrected chi connectivity index (χ1v) is 7.71. The van der Waals surface area contributed by atoms with Crippen LogP contribution in [0.1, 0.15) is 11.1 Å². The Balaban J connectivity index is 1.81. The molecule has 0 radical (unpaired) electrons. The fourth-order valence-electron chi connectivity index (χ4n) is 1.65. The van der Waals surface area contributed by atoms with Crippen molar-refractivity contribution in [2.75, 3.05) is 11.1 Å². The van der Waals surface area contributed by atoms with Crippen LogP contribution in [0.2, 0.25) is 5.02 Å². The number of amides is 1. The number of carbonyl (C=O) groups excluding carboxylic acids is 1. The second kappa shape index (κ2) is 7.31. The summed E-state index contributed by atoms with van der Waals surface area (Å²) in [5, 5.41) is 3.39. The molecule has 0 unspecified atom stereocenters. The van der Waals surface area contributed by atoms with Gasteiger partial charge in [0.25, 0.3) is 0 Å². The van der Waals surface area contributed by atoms with Gasteiger partial charge in [0.1, 0.15) is 0 Å². The van der Waals surface area contributed by atoms with E-state index in [4.69, 9.17) is 11.6 Å². The quantitative estimate of drug-likeness (QED) is 0.910. The van der Waals surface area contributed by atoms with Crippen molar-refractivity contribution < 1.29 is 4.79 Å². The molecule has 0 aliphatic rings. The minimum absolute atomic E-state index is 0.0465. The van der Waals surface area contributed by atoms with Crippen LogP contribution in [-0.2, 0) is 10.5 Å². The zero-order valence-corrected chi connectivity index (χ0v) is 12.7. The van der Waals surface area contributed by atoms with Gasteiger partial charge in [-0.15, -0.1) is 11.8 Å². The van der Waals surface area contributed by atoms with Gasteiger partial charge >= 0.3 is 0 Å². The molecule has 0 saturated heterocycles. The predicted octanol–water partition coefficient (Wildman–Crippen LogP) is 3.92. The maximum atomic E-state index is 11.8. The number of hydrogen-bond acceptors (Lipinski definition) is 3. The highest BCUT2D eigenvalue weighted by atomic mass is 35.5. The monoisotopic (exact) mass is 306 g/mol. The molecule has 0 bridgehead atoms. The van der Waals surface area contributed by atoms with E-state index in [1.54, 1.807) is 24.2 Å². The van der Waals surface area contributed by atoms with Gasteiger partial charge in [0.05, 0.1) is 16.5 Å². The van der Waals surface area contributed by atoms with Crippen molar-refractivity contribution in [3.63, 3.8) is 0 Å². The van der Waals surface area contributed by atoms with E-state index in [0.29, 0.717) is 16.5 Å². The highest BCUT2D eigenvalue weighted by Gasteiger charge is 2.06. The number of nitrogens with zero attached hydrogens (tertiary/aromatic N) is 1. The molecule has 1 amide bonds. The van der Waals surface area contributed by atoms with Crippen molar-refractivity contribution >= 4 is 35.0 Å². The van der Waals surface area contributed by atoms with Gasteiger partial charge in [0.15, 0.2) is 0 Å². The number of benzene rings is 1. The zero-order valence-electron chi connectivity index (χ0n) is 11.1. The van der Waals surface area contributed by atoms with Crippen LogP contribution >= 0.6 is 23.4 Å². The number of nitrogens with one attached hydrogen (secondary N) is 1. The molecule has 0 aliphatic heterocycles. The summed E-state index contributed by atoms with van der Waals surface area (Å²) in [6.07, 6.45) is 3.50. The van der Waals surface area contributed by atoms with Crippen LogP contribution in [0.5, 0.6) is 0 Å². The maximum Gasteiger partial charge on any atom is 0.234 e. The average molecular weight is 307 g/mol. The van der Waals surface area contributed by atoms with Gasteiger partial charge in [0, 0.05) is 18.1 Å². The molecule has 0 atom stereocenters. The van der Waals surface area contributed by atoms with Gasteiger partial charge in [-0.2, -0.15) is 0 Å². The molecule has 3 nitrogen and oxygen atoms in total. The third kappa shape index (κ3) is 4.54. The number of rotatable bonds is 5. The summed E-state index contributed by atoms with van der Waals surface area (Å²) in [6.45, 7) is 1.96. The Morgan fingerprint density at radius 3 is 2.75 bits per heavy atom. The minimum Gasteiger partial charge on any atom is -0.324 e. The Morgan fingerprint density at radius 1 is 1.30 bits per heavy atom. The number of pyridine rings is 1. The Morgan fingerprint density at radius 2 is 2.05 bits per heavy atom. The molecule has 0 saturated carbocycles. The summed E-state index contributed by atoms with van der Waals surface area (Å²) in [4.78, 5) is 15.8. The topological polar surface area (TPSA) is 42.0 Å². The SMILES string of the molecule is Cc1ccc(NC(=O)CSCc2ccncc2)c(Cl)c1. The fraction of sp³-hybridized carbons (Fsp3) is 0.200. The standard InChI is InChI=1S/C15H15ClN2OS/c1-11-2-3-14(13(16)8-11)18-15(19)10-20-9-12-4-6-17-7-5-12/h2-8H,9-10H2,1H3,(H,18,19). The summed E-state index contributed by atoms with van der Waals surface area (Å²) >= 11 is 7.63. The highest BCUT2D eigenvalue weighted by molar-refractivity contribution is 7.99. The summed E-state index contributed by atoms with van der Waals surface area (Å²) < 4.78 is 0. The molecule has 0 fully saturated rings. The van der Waals surface area contributed by atoms with Gasteiger partial charge in [-0.1, -0.05) is 17.7 Å². The van der Waals surface area contributed by atoms with Gasteiger partial charge in [-0.3, -0.25) is 9.78 Å². The normalized spacial score (nSPS) is 10.3. The lowest BCUT2D eigenvalue weighted by molar-refractivity contribution is -0.113. The molecular formula is C15H15ClN2OS. The van der Waals surface area contributed by atoms with Crippen LogP contribution in [0.15, 0.2) is 42.7 Å². The van der Waals surface area contributed by atoms with Crippen LogP contribution in [0.4, 0.5) is 5.69 Å². The van der Waals surface area contributed by atoms with Crippen molar-refractivity contribution in [3.05, 3.63) is 58.9 Å². The molecule has 104 valence electrons. The molecular weight excluding hydrogens is 292 g/mol. The molecule has 0 spiro atoms. The van der Waals surface area contributed by atoms with Crippen molar-refractivity contribution in [2.45, 2.75) is 12.7 Å². The lowest BCUT2D eigenvalue weighted by Gasteiger charge is -2.07. The van der Waals surface area contributed by atoms with Crippen molar-refractivity contribution in [3.8, 4) is 0 Å². The number of thioether (sulfide) groups is 1. The number of aryl methyl sites for hydroxylation is 1. The van der Waals surface area contributed by atoms with E-state index in [1.807, 2.05) is 37.3 Å². The summed E-state index contributed by atoms with van der Waals surface area (Å²) in [6, 6.07) is 9.47. The average Bonchev–Trinajstić information content (AvgIpc) is 2.43. The maximum absolute atomic E-state index is 11.8.